The first-order chi connectivity index (χ1) is 16.9. The van der Waals surface area contributed by atoms with E-state index in [4.69, 9.17) is 0 Å². The van der Waals surface area contributed by atoms with Gasteiger partial charge >= 0.3 is 0 Å². The molecule has 35 heavy (non-hydrogen) atoms. The second-order valence-corrected chi connectivity index (χ2v) is 9.34. The molecule has 0 saturated carbocycles. The molecule has 0 radical (unpaired) electrons. The number of carbonyl (C=O) groups is 2. The maximum absolute atomic E-state index is 13.1. The average molecular weight is 495 g/mol. The van der Waals surface area contributed by atoms with Crippen molar-refractivity contribution in [2.75, 3.05) is 37.0 Å². The second-order valence-electron chi connectivity index (χ2n) is 8.31. The third-order valence-corrected chi connectivity index (χ3v) is 6.88. The van der Waals surface area contributed by atoms with Gasteiger partial charge in [0.25, 0.3) is 5.91 Å². The Morgan fingerprint density at radius 1 is 1.23 bits per heavy atom. The highest BCUT2D eigenvalue weighted by atomic mass is 32.1. The Balaban J connectivity index is 1.32. The molecule has 1 saturated heterocycles. The van der Waals surface area contributed by atoms with Gasteiger partial charge in [-0.15, -0.1) is 0 Å². The van der Waals surface area contributed by atoms with Crippen LogP contribution in [-0.2, 0) is 0 Å². The molecule has 2 N–H and O–H groups in total. The van der Waals surface area contributed by atoms with E-state index in [0.717, 1.165) is 25.1 Å². The number of benzene rings is 2. The van der Waals surface area contributed by atoms with Crippen LogP contribution in [0.15, 0.2) is 66.9 Å². The minimum absolute atomic E-state index is 0.0812. The number of hydrogen-bond donors (Lipinski definition) is 2. The molecule has 1 amide bonds. The summed E-state index contributed by atoms with van der Waals surface area (Å²) in [6.45, 7) is 1.74. The van der Waals surface area contributed by atoms with E-state index in [1.807, 2.05) is 6.08 Å². The Kier molecular flexibility index (Phi) is 8.02. The highest BCUT2D eigenvalue weighted by Crippen LogP contribution is 2.25. The van der Waals surface area contributed by atoms with Crippen molar-refractivity contribution in [2.45, 2.75) is 18.9 Å². The number of aliphatic hydroxyl groups is 1. The SMILES string of the molecule is CN(C(=O)c1cnc(Nc2ccc(C(=O)/C=C/CN3CCCC3CO)cc2)s1)c1ccc(F)cc1. The third kappa shape index (κ3) is 6.19. The topological polar surface area (TPSA) is 85.8 Å². The van der Waals surface area contributed by atoms with Gasteiger partial charge in [-0.3, -0.25) is 14.5 Å². The first-order valence-corrected chi connectivity index (χ1v) is 12.2. The summed E-state index contributed by atoms with van der Waals surface area (Å²) in [5, 5.41) is 13.1. The van der Waals surface area contributed by atoms with Crippen LogP contribution in [0.2, 0.25) is 0 Å². The largest absolute Gasteiger partial charge is 0.395 e. The van der Waals surface area contributed by atoms with Crippen LogP contribution in [0, 0.1) is 5.82 Å². The molecule has 1 fully saturated rings. The van der Waals surface area contributed by atoms with E-state index in [1.54, 1.807) is 49.5 Å². The van der Waals surface area contributed by atoms with Gasteiger partial charge in [0, 0.05) is 36.6 Å². The summed E-state index contributed by atoms with van der Waals surface area (Å²) in [6.07, 6.45) is 6.98. The van der Waals surface area contributed by atoms with Crippen LogP contribution >= 0.6 is 11.3 Å². The molecule has 2 heterocycles. The Morgan fingerprint density at radius 3 is 2.69 bits per heavy atom. The predicted octanol–water partition coefficient (Wildman–Crippen LogP) is 4.50. The smallest absolute Gasteiger partial charge is 0.269 e. The molecule has 1 aliphatic rings. The van der Waals surface area contributed by atoms with E-state index in [9.17, 15) is 19.1 Å². The predicted molar refractivity (Wildman–Crippen MR) is 136 cm³/mol. The lowest BCUT2D eigenvalue weighted by Crippen LogP contribution is -2.32. The fourth-order valence-corrected chi connectivity index (χ4v) is 4.77. The number of rotatable bonds is 9. The minimum atomic E-state index is -0.360. The Bertz CT molecular complexity index is 1190. The summed E-state index contributed by atoms with van der Waals surface area (Å²) in [4.78, 5) is 33.5. The van der Waals surface area contributed by atoms with E-state index in [2.05, 4.69) is 15.2 Å². The van der Waals surface area contributed by atoms with Crippen molar-refractivity contribution in [2.24, 2.45) is 0 Å². The summed E-state index contributed by atoms with van der Waals surface area (Å²) in [5.41, 5.74) is 1.90. The van der Waals surface area contributed by atoms with Gasteiger partial charge < -0.3 is 15.3 Å². The fraction of sp³-hybridized carbons (Fsp3) is 0.269. The molecule has 4 rings (SSSR count). The Hall–Kier alpha value is -3.40. The van der Waals surface area contributed by atoms with Crippen LogP contribution in [0.4, 0.5) is 20.9 Å². The number of aliphatic hydroxyl groups excluding tert-OH is 1. The van der Waals surface area contributed by atoms with Crippen molar-refractivity contribution in [3.63, 3.8) is 0 Å². The number of nitrogens with zero attached hydrogens (tertiary/aromatic N) is 3. The quantitative estimate of drug-likeness (QED) is 0.337. The van der Waals surface area contributed by atoms with Gasteiger partial charge in [0.05, 0.1) is 12.8 Å². The first kappa shape index (κ1) is 24.7. The van der Waals surface area contributed by atoms with Crippen LogP contribution in [-0.4, -0.2) is 59.5 Å². The minimum Gasteiger partial charge on any atom is -0.395 e. The van der Waals surface area contributed by atoms with Crippen LogP contribution in [0.5, 0.6) is 0 Å². The maximum Gasteiger partial charge on any atom is 0.269 e. The van der Waals surface area contributed by atoms with Gasteiger partial charge in [-0.1, -0.05) is 17.4 Å². The van der Waals surface area contributed by atoms with Crippen molar-refractivity contribution < 1.29 is 19.1 Å². The summed E-state index contributed by atoms with van der Waals surface area (Å²) < 4.78 is 13.1. The molecule has 1 aliphatic heterocycles. The van der Waals surface area contributed by atoms with Gasteiger partial charge in [-0.2, -0.15) is 0 Å². The van der Waals surface area contributed by atoms with E-state index in [1.165, 1.54) is 34.6 Å². The number of ketones is 1. The van der Waals surface area contributed by atoms with Crippen LogP contribution in [0.3, 0.4) is 0 Å². The molecule has 9 heteroatoms. The van der Waals surface area contributed by atoms with Gasteiger partial charge in [0.2, 0.25) is 0 Å². The van der Waals surface area contributed by atoms with Gasteiger partial charge in [0.1, 0.15) is 10.7 Å². The summed E-state index contributed by atoms with van der Waals surface area (Å²) in [7, 11) is 1.63. The zero-order valence-electron chi connectivity index (χ0n) is 19.4. The van der Waals surface area contributed by atoms with Crippen molar-refractivity contribution >= 4 is 39.5 Å². The van der Waals surface area contributed by atoms with Crippen molar-refractivity contribution in [3.8, 4) is 0 Å². The third-order valence-electron chi connectivity index (χ3n) is 5.97. The fourth-order valence-electron chi connectivity index (χ4n) is 3.95. The van der Waals surface area contributed by atoms with Crippen molar-refractivity contribution in [1.29, 1.82) is 0 Å². The number of allylic oxidation sites excluding steroid dienone is 1. The number of thiazole rings is 1. The van der Waals surface area contributed by atoms with Crippen molar-refractivity contribution in [3.05, 3.63) is 83.1 Å². The Labute approximate surface area is 207 Å². The Morgan fingerprint density at radius 2 is 1.97 bits per heavy atom. The number of nitrogens with one attached hydrogen (secondary N) is 1. The molecule has 2 aromatic carbocycles. The second kappa shape index (κ2) is 11.4. The van der Waals surface area contributed by atoms with E-state index in [0.29, 0.717) is 27.8 Å². The van der Waals surface area contributed by atoms with Crippen LogP contribution in [0.25, 0.3) is 0 Å². The molecule has 3 aromatic rings. The molecule has 7 nitrogen and oxygen atoms in total. The molecular formula is C26H27FN4O3S. The zero-order chi connectivity index (χ0) is 24.8. The molecule has 182 valence electrons. The summed E-state index contributed by atoms with van der Waals surface area (Å²) >= 11 is 1.21. The number of amides is 1. The zero-order valence-corrected chi connectivity index (χ0v) is 20.2. The van der Waals surface area contributed by atoms with Crippen LogP contribution < -0.4 is 10.2 Å². The van der Waals surface area contributed by atoms with Crippen LogP contribution in [0.1, 0.15) is 32.9 Å². The highest BCUT2D eigenvalue weighted by Gasteiger charge is 2.22. The number of hydrogen-bond acceptors (Lipinski definition) is 7. The van der Waals surface area contributed by atoms with E-state index >= 15 is 0 Å². The number of likely N-dealkylation sites (tertiary alicyclic amines) is 1. The van der Waals surface area contributed by atoms with Gasteiger partial charge in [0.15, 0.2) is 10.9 Å². The van der Waals surface area contributed by atoms with E-state index < -0.39 is 0 Å². The summed E-state index contributed by atoms with van der Waals surface area (Å²) in [5.74, 6) is -0.683. The molecule has 1 aromatic heterocycles. The summed E-state index contributed by atoms with van der Waals surface area (Å²) in [6, 6.07) is 12.9. The number of carbonyl (C=O) groups excluding carboxylic acids is 2. The molecule has 1 atom stereocenters. The van der Waals surface area contributed by atoms with Gasteiger partial charge in [-0.25, -0.2) is 9.37 Å². The molecule has 1 unspecified atom stereocenters. The number of anilines is 3. The highest BCUT2D eigenvalue weighted by molar-refractivity contribution is 7.17. The van der Waals surface area contributed by atoms with Crippen molar-refractivity contribution in [1.82, 2.24) is 9.88 Å². The molecule has 0 bridgehead atoms. The number of halogens is 1. The van der Waals surface area contributed by atoms with E-state index in [-0.39, 0.29) is 30.2 Å². The van der Waals surface area contributed by atoms with Gasteiger partial charge in [-0.05, 0) is 74.0 Å². The first-order valence-electron chi connectivity index (χ1n) is 11.4. The lowest BCUT2D eigenvalue weighted by atomic mass is 10.1. The normalized spacial score (nSPS) is 16.0. The molecule has 0 aliphatic carbocycles. The average Bonchev–Trinajstić information content (AvgIpc) is 3.53. The lowest BCUT2D eigenvalue weighted by molar-refractivity contribution is 0.0995. The maximum atomic E-state index is 13.1. The standard InChI is InChI=1S/C26H27FN4O3S/c1-30(21-12-8-19(27)9-13-21)25(34)24-16-28-26(35-24)29-20-10-6-18(7-11-20)23(33)5-3-15-31-14-2-4-22(31)17-32/h3,5-13,16,22,32H,2,4,14-15,17H2,1H3,(H,28,29)/b5-3+. The lowest BCUT2D eigenvalue weighted by Gasteiger charge is -2.20. The number of aromatic nitrogens is 1. The molecular weight excluding hydrogens is 467 g/mol. The molecule has 0 spiro atoms. The monoisotopic (exact) mass is 494 g/mol.